The van der Waals surface area contributed by atoms with Gasteiger partial charge in [-0.05, 0) is 26.0 Å². The topological polar surface area (TPSA) is 60.4 Å². The van der Waals surface area contributed by atoms with E-state index in [1.165, 1.54) is 12.1 Å². The first-order chi connectivity index (χ1) is 7.33. The Morgan fingerprint density at radius 1 is 1.31 bits per heavy atom. The molecule has 0 saturated heterocycles. The van der Waals surface area contributed by atoms with Gasteiger partial charge in [0.05, 0.1) is 0 Å². The summed E-state index contributed by atoms with van der Waals surface area (Å²) in [6, 6.07) is 5.70. The van der Waals surface area contributed by atoms with Crippen LogP contribution in [0.4, 0.5) is 4.39 Å². The number of hydrogen-bond acceptors (Lipinski definition) is 4. The van der Waals surface area contributed by atoms with E-state index in [0.717, 1.165) is 12.5 Å². The van der Waals surface area contributed by atoms with Gasteiger partial charge in [0, 0.05) is 0 Å². The quantitative estimate of drug-likeness (QED) is 0.760. The highest BCUT2D eigenvalue weighted by Crippen LogP contribution is 2.14. The molecule has 0 aliphatic rings. The molecule has 1 aromatic carbocycles. The van der Waals surface area contributed by atoms with Crippen LogP contribution >= 0.6 is 0 Å². The number of benzene rings is 1. The number of rotatable bonds is 3. The fourth-order valence-electron chi connectivity index (χ4n) is 0.927. The average molecular weight is 246 g/mol. The molecule has 4 nitrogen and oxygen atoms in total. The molecular formula is C10H11FO4S. The summed E-state index contributed by atoms with van der Waals surface area (Å²) in [6.45, 7) is 2.69. The van der Waals surface area contributed by atoms with Crippen molar-refractivity contribution in [2.24, 2.45) is 0 Å². The van der Waals surface area contributed by atoms with Crippen LogP contribution in [0.3, 0.4) is 0 Å². The van der Waals surface area contributed by atoms with Gasteiger partial charge in [0.1, 0.15) is 4.90 Å². The van der Waals surface area contributed by atoms with Crippen molar-refractivity contribution in [2.45, 2.75) is 24.9 Å². The smallest absolute Gasteiger partial charge is 0.339 e. The molecular weight excluding hydrogens is 235 g/mol. The molecule has 1 aromatic rings. The third-order valence-corrected chi connectivity index (χ3v) is 3.06. The Hall–Kier alpha value is -1.43. The van der Waals surface area contributed by atoms with Crippen LogP contribution in [0.1, 0.15) is 12.5 Å². The largest absolute Gasteiger partial charge is 0.356 e. The van der Waals surface area contributed by atoms with Crippen molar-refractivity contribution in [1.29, 1.82) is 0 Å². The molecule has 0 saturated carbocycles. The minimum Gasteiger partial charge on any atom is -0.339 e. The van der Waals surface area contributed by atoms with Gasteiger partial charge in [-0.25, -0.2) is 9.18 Å². The Morgan fingerprint density at radius 2 is 1.81 bits per heavy atom. The zero-order chi connectivity index (χ0) is 12.3. The van der Waals surface area contributed by atoms with Crippen molar-refractivity contribution in [3.05, 3.63) is 29.8 Å². The molecule has 1 rings (SSSR count). The van der Waals surface area contributed by atoms with Gasteiger partial charge in [0.25, 0.3) is 0 Å². The molecule has 0 spiro atoms. The second kappa shape index (κ2) is 4.61. The summed E-state index contributed by atoms with van der Waals surface area (Å²) in [6.07, 6.45) is -1.97. The van der Waals surface area contributed by atoms with E-state index in [1.807, 2.05) is 0 Å². The van der Waals surface area contributed by atoms with Gasteiger partial charge in [-0.1, -0.05) is 17.7 Å². The van der Waals surface area contributed by atoms with Crippen LogP contribution in [0.5, 0.6) is 0 Å². The van der Waals surface area contributed by atoms with E-state index in [1.54, 1.807) is 19.1 Å². The lowest BCUT2D eigenvalue weighted by molar-refractivity contribution is -0.138. The predicted molar refractivity (Wildman–Crippen MR) is 55.0 cm³/mol. The lowest BCUT2D eigenvalue weighted by Gasteiger charge is -2.06. The lowest BCUT2D eigenvalue weighted by atomic mass is 10.2. The molecule has 1 atom stereocenters. The first-order valence-electron chi connectivity index (χ1n) is 4.52. The van der Waals surface area contributed by atoms with E-state index in [4.69, 9.17) is 0 Å². The molecule has 0 fully saturated rings. The zero-order valence-electron chi connectivity index (χ0n) is 8.81. The van der Waals surface area contributed by atoms with Crippen molar-refractivity contribution in [2.75, 3.05) is 0 Å². The third-order valence-electron chi connectivity index (χ3n) is 1.83. The number of carbonyl (C=O) groups is 1. The second-order valence-corrected chi connectivity index (χ2v) is 4.83. The van der Waals surface area contributed by atoms with Crippen LogP contribution in [0.15, 0.2) is 29.2 Å². The van der Waals surface area contributed by atoms with E-state index in [2.05, 4.69) is 4.18 Å². The van der Waals surface area contributed by atoms with Crippen molar-refractivity contribution < 1.29 is 21.8 Å². The standard InChI is InChI=1S/C10H11FO4S/c1-7-3-5-9(6-4-7)16(13,14)15-10(12)8(2)11/h3-6,8H,1-2H3. The van der Waals surface area contributed by atoms with Crippen molar-refractivity contribution in [1.82, 2.24) is 0 Å². The third kappa shape index (κ3) is 3.03. The summed E-state index contributed by atoms with van der Waals surface area (Å²) < 4.78 is 39.4. The summed E-state index contributed by atoms with van der Waals surface area (Å²) in [7, 11) is -4.21. The molecule has 0 aliphatic heterocycles. The number of aryl methyl sites for hydroxylation is 1. The molecule has 0 aliphatic carbocycles. The highest BCUT2D eigenvalue weighted by atomic mass is 32.2. The minimum atomic E-state index is -4.21. The SMILES string of the molecule is Cc1ccc(S(=O)(=O)OC(=O)C(C)F)cc1. The molecule has 0 aromatic heterocycles. The van der Waals surface area contributed by atoms with Gasteiger partial charge < -0.3 is 4.18 Å². The Balaban J connectivity index is 2.95. The van der Waals surface area contributed by atoms with Crippen molar-refractivity contribution >= 4 is 16.1 Å². The van der Waals surface area contributed by atoms with Crippen LogP contribution < -0.4 is 0 Å². The highest BCUT2D eigenvalue weighted by Gasteiger charge is 2.23. The number of halogens is 1. The van der Waals surface area contributed by atoms with Crippen LogP contribution in [0.25, 0.3) is 0 Å². The zero-order valence-corrected chi connectivity index (χ0v) is 9.62. The summed E-state index contributed by atoms with van der Waals surface area (Å²) in [5, 5.41) is 0. The van der Waals surface area contributed by atoms with Gasteiger partial charge in [-0.2, -0.15) is 8.42 Å². The van der Waals surface area contributed by atoms with E-state index in [9.17, 15) is 17.6 Å². The van der Waals surface area contributed by atoms with Crippen molar-refractivity contribution in [3.63, 3.8) is 0 Å². The maximum absolute atomic E-state index is 12.5. The van der Waals surface area contributed by atoms with Crippen LogP contribution in [-0.2, 0) is 19.1 Å². The maximum Gasteiger partial charge on any atom is 0.356 e. The second-order valence-electron chi connectivity index (χ2n) is 3.29. The molecule has 0 N–H and O–H groups in total. The van der Waals surface area contributed by atoms with Gasteiger partial charge in [-0.15, -0.1) is 0 Å². The molecule has 88 valence electrons. The average Bonchev–Trinajstić information content (AvgIpc) is 2.17. The first-order valence-corrected chi connectivity index (χ1v) is 5.93. The summed E-state index contributed by atoms with van der Waals surface area (Å²) in [4.78, 5) is 10.6. The minimum absolute atomic E-state index is 0.174. The van der Waals surface area contributed by atoms with E-state index >= 15 is 0 Å². The number of carbonyl (C=O) groups excluding carboxylic acids is 1. The van der Waals surface area contributed by atoms with Gasteiger partial charge in [-0.3, -0.25) is 0 Å². The Bertz CT molecular complexity index is 476. The van der Waals surface area contributed by atoms with Crippen LogP contribution in [0, 0.1) is 6.92 Å². The maximum atomic E-state index is 12.5. The fraction of sp³-hybridized carbons (Fsp3) is 0.300. The van der Waals surface area contributed by atoms with Crippen LogP contribution in [0.2, 0.25) is 0 Å². The molecule has 0 radical (unpaired) electrons. The highest BCUT2D eigenvalue weighted by molar-refractivity contribution is 7.87. The summed E-state index contributed by atoms with van der Waals surface area (Å²) in [5.41, 5.74) is 0.865. The number of hydrogen-bond donors (Lipinski definition) is 0. The fourth-order valence-corrected chi connectivity index (χ4v) is 1.84. The van der Waals surface area contributed by atoms with E-state index < -0.39 is 22.3 Å². The molecule has 0 bridgehead atoms. The molecule has 0 amide bonds. The van der Waals surface area contributed by atoms with Gasteiger partial charge in [0.2, 0.25) is 0 Å². The van der Waals surface area contributed by atoms with Gasteiger partial charge >= 0.3 is 16.1 Å². The molecule has 0 heterocycles. The Morgan fingerprint density at radius 3 is 2.25 bits per heavy atom. The first kappa shape index (κ1) is 12.6. The van der Waals surface area contributed by atoms with Crippen molar-refractivity contribution in [3.8, 4) is 0 Å². The summed E-state index contributed by atoms with van der Waals surface area (Å²) >= 11 is 0. The molecule has 6 heteroatoms. The molecule has 16 heavy (non-hydrogen) atoms. The summed E-state index contributed by atoms with van der Waals surface area (Å²) in [5.74, 6) is -1.42. The molecule has 1 unspecified atom stereocenters. The monoisotopic (exact) mass is 246 g/mol. The number of alkyl halides is 1. The lowest BCUT2D eigenvalue weighted by Crippen LogP contribution is -2.20. The predicted octanol–water partition coefficient (Wildman–Crippen LogP) is 1.58. The van der Waals surface area contributed by atoms with E-state index in [-0.39, 0.29) is 4.90 Å². The Kier molecular flexibility index (Phi) is 3.64. The van der Waals surface area contributed by atoms with Crippen LogP contribution in [-0.4, -0.2) is 20.6 Å². The van der Waals surface area contributed by atoms with E-state index in [0.29, 0.717) is 0 Å². The van der Waals surface area contributed by atoms with Gasteiger partial charge in [0.15, 0.2) is 6.17 Å². The Labute approximate surface area is 93.2 Å². The normalized spacial score (nSPS) is 13.2.